The van der Waals surface area contributed by atoms with Crippen LogP contribution in [-0.2, 0) is 22.0 Å². The summed E-state index contributed by atoms with van der Waals surface area (Å²) in [4.78, 5) is 11.6. The second kappa shape index (κ2) is 7.07. The number of fused-ring (bicyclic) bond motifs is 1. The lowest BCUT2D eigenvalue weighted by atomic mass is 9.87. The summed E-state index contributed by atoms with van der Waals surface area (Å²) in [7, 11) is -3.62. The maximum atomic E-state index is 12.5. The average molecular weight is 404 g/mol. The Hall–Kier alpha value is -2.22. The first-order valence-electron chi connectivity index (χ1n) is 8.42. The van der Waals surface area contributed by atoms with E-state index in [9.17, 15) is 13.2 Å². The van der Waals surface area contributed by atoms with Crippen molar-refractivity contribution in [2.75, 3.05) is 0 Å². The van der Waals surface area contributed by atoms with E-state index in [0.717, 1.165) is 21.2 Å². The van der Waals surface area contributed by atoms with Gasteiger partial charge in [-0.25, -0.2) is 17.9 Å². The van der Waals surface area contributed by atoms with E-state index in [-0.39, 0.29) is 21.7 Å². The van der Waals surface area contributed by atoms with Crippen molar-refractivity contribution in [3.8, 4) is 0 Å². The monoisotopic (exact) mass is 403 g/mol. The van der Waals surface area contributed by atoms with Gasteiger partial charge in [-0.15, -0.1) is 11.3 Å². The molecule has 0 aliphatic carbocycles. The minimum absolute atomic E-state index is 0.0410. The quantitative estimate of drug-likeness (QED) is 0.662. The highest BCUT2D eigenvalue weighted by atomic mass is 32.2. The highest BCUT2D eigenvalue weighted by Gasteiger charge is 2.17. The van der Waals surface area contributed by atoms with Crippen molar-refractivity contribution in [3.05, 3.63) is 64.5 Å². The number of benzene rings is 2. The minimum Gasteiger partial charge on any atom is -0.477 e. The van der Waals surface area contributed by atoms with Gasteiger partial charge < -0.3 is 5.11 Å². The molecule has 0 amide bonds. The third kappa shape index (κ3) is 4.37. The Morgan fingerprint density at radius 1 is 1.07 bits per heavy atom. The maximum absolute atomic E-state index is 12.5. The highest BCUT2D eigenvalue weighted by molar-refractivity contribution is 7.89. The van der Waals surface area contributed by atoms with Gasteiger partial charge in [0.2, 0.25) is 10.0 Å². The molecule has 7 heteroatoms. The molecule has 142 valence electrons. The molecule has 2 N–H and O–H groups in total. The van der Waals surface area contributed by atoms with E-state index in [1.165, 1.54) is 11.3 Å². The lowest BCUT2D eigenvalue weighted by molar-refractivity contribution is 0.0702. The predicted octanol–water partition coefficient (Wildman–Crippen LogP) is 4.38. The summed E-state index contributed by atoms with van der Waals surface area (Å²) in [5.74, 6) is -0.961. The zero-order valence-electron chi connectivity index (χ0n) is 15.3. The van der Waals surface area contributed by atoms with E-state index in [2.05, 4.69) is 25.5 Å². The molecule has 5 nitrogen and oxygen atoms in total. The highest BCUT2D eigenvalue weighted by Crippen LogP contribution is 2.27. The lowest BCUT2D eigenvalue weighted by Gasteiger charge is -2.19. The summed E-state index contributed by atoms with van der Waals surface area (Å²) in [6, 6.07) is 13.9. The third-order valence-electron chi connectivity index (χ3n) is 4.29. The summed E-state index contributed by atoms with van der Waals surface area (Å²) in [6.07, 6.45) is 0. The Morgan fingerprint density at radius 2 is 1.74 bits per heavy atom. The van der Waals surface area contributed by atoms with Crippen molar-refractivity contribution in [1.82, 2.24) is 4.72 Å². The number of rotatable bonds is 5. The van der Waals surface area contributed by atoms with Crippen LogP contribution >= 0.6 is 11.3 Å². The van der Waals surface area contributed by atoms with Crippen LogP contribution in [0.5, 0.6) is 0 Å². The molecular weight excluding hydrogens is 382 g/mol. The van der Waals surface area contributed by atoms with Gasteiger partial charge in [0.15, 0.2) is 0 Å². The molecular formula is C20H21NO4S2. The maximum Gasteiger partial charge on any atom is 0.345 e. The number of sulfonamides is 1. The predicted molar refractivity (Wildman–Crippen MR) is 108 cm³/mol. The molecule has 2 aromatic carbocycles. The van der Waals surface area contributed by atoms with Crippen molar-refractivity contribution in [1.29, 1.82) is 0 Å². The summed E-state index contributed by atoms with van der Waals surface area (Å²) in [5, 5.41) is 9.91. The largest absolute Gasteiger partial charge is 0.477 e. The van der Waals surface area contributed by atoms with Gasteiger partial charge in [-0.3, -0.25) is 0 Å². The fourth-order valence-electron chi connectivity index (χ4n) is 2.69. The topological polar surface area (TPSA) is 83.5 Å². The SMILES string of the molecule is CC(C)(C)c1ccc(S(=O)(=O)NCc2ccc3cc(C(=O)O)sc3c2)cc1. The van der Waals surface area contributed by atoms with Gasteiger partial charge in [-0.2, -0.15) is 0 Å². The molecule has 0 saturated carbocycles. The second-order valence-corrected chi connectivity index (χ2v) is 10.2. The molecule has 3 aromatic rings. The normalized spacial score (nSPS) is 12.4. The third-order valence-corrected chi connectivity index (χ3v) is 6.80. The van der Waals surface area contributed by atoms with E-state index in [4.69, 9.17) is 5.11 Å². The summed E-state index contributed by atoms with van der Waals surface area (Å²) in [6.45, 7) is 6.36. The molecule has 1 aromatic heterocycles. The van der Waals surface area contributed by atoms with Gasteiger partial charge in [0.05, 0.1) is 4.90 Å². The van der Waals surface area contributed by atoms with Crippen molar-refractivity contribution in [3.63, 3.8) is 0 Å². The molecule has 0 spiro atoms. The van der Waals surface area contributed by atoms with E-state index in [1.54, 1.807) is 30.3 Å². The Bertz CT molecular complexity index is 1090. The van der Waals surface area contributed by atoms with Crippen molar-refractivity contribution in [2.45, 2.75) is 37.6 Å². The van der Waals surface area contributed by atoms with E-state index in [1.807, 2.05) is 18.2 Å². The molecule has 0 saturated heterocycles. The summed E-state index contributed by atoms with van der Waals surface area (Å²) >= 11 is 1.18. The number of carboxylic acid groups (broad SMARTS) is 1. The molecule has 0 radical (unpaired) electrons. The van der Waals surface area contributed by atoms with Gasteiger partial charge in [-0.05, 0) is 46.2 Å². The van der Waals surface area contributed by atoms with E-state index < -0.39 is 16.0 Å². The number of carbonyl (C=O) groups is 1. The molecule has 27 heavy (non-hydrogen) atoms. The first-order valence-corrected chi connectivity index (χ1v) is 10.7. The molecule has 3 rings (SSSR count). The van der Waals surface area contributed by atoms with Gasteiger partial charge in [0.1, 0.15) is 4.88 Å². The van der Waals surface area contributed by atoms with Crippen molar-refractivity contribution < 1.29 is 18.3 Å². The van der Waals surface area contributed by atoms with E-state index in [0.29, 0.717) is 0 Å². The van der Waals surface area contributed by atoms with Gasteiger partial charge in [0, 0.05) is 11.2 Å². The first kappa shape index (κ1) is 19.5. The van der Waals surface area contributed by atoms with Crippen LogP contribution in [0.3, 0.4) is 0 Å². The molecule has 0 unspecified atom stereocenters. The fourth-order valence-corrected chi connectivity index (χ4v) is 4.67. The number of thiophene rings is 1. The molecule has 0 fully saturated rings. The summed E-state index contributed by atoms with van der Waals surface area (Å²) in [5.41, 5.74) is 1.80. The first-order chi connectivity index (χ1) is 12.6. The van der Waals surface area contributed by atoms with Gasteiger partial charge in [0.25, 0.3) is 0 Å². The van der Waals surface area contributed by atoms with Crippen LogP contribution in [0, 0.1) is 0 Å². The zero-order valence-corrected chi connectivity index (χ0v) is 16.9. The molecule has 1 heterocycles. The Balaban J connectivity index is 1.76. The Labute approximate surface area is 162 Å². The molecule has 0 atom stereocenters. The Kier molecular flexibility index (Phi) is 5.12. The number of hydrogen-bond acceptors (Lipinski definition) is 4. The van der Waals surface area contributed by atoms with Crippen LogP contribution in [0.15, 0.2) is 53.4 Å². The van der Waals surface area contributed by atoms with Crippen LogP contribution in [0.2, 0.25) is 0 Å². The second-order valence-electron chi connectivity index (χ2n) is 7.39. The van der Waals surface area contributed by atoms with Crippen LogP contribution in [-0.4, -0.2) is 19.5 Å². The lowest BCUT2D eigenvalue weighted by Crippen LogP contribution is -2.23. The number of aromatic carboxylic acids is 1. The standard InChI is InChI=1S/C20H21NO4S2/c1-20(2,3)15-6-8-16(9-7-15)27(24,25)21-12-13-4-5-14-11-18(19(22)23)26-17(14)10-13/h4-11,21H,12H2,1-3H3,(H,22,23). The smallest absolute Gasteiger partial charge is 0.345 e. The minimum atomic E-state index is -3.62. The van der Waals surface area contributed by atoms with Crippen molar-refractivity contribution >= 4 is 37.4 Å². The number of nitrogens with one attached hydrogen (secondary N) is 1. The van der Waals surface area contributed by atoms with Gasteiger partial charge >= 0.3 is 5.97 Å². The average Bonchev–Trinajstić information content (AvgIpc) is 3.03. The molecule has 0 aliphatic heterocycles. The Morgan fingerprint density at radius 3 is 2.33 bits per heavy atom. The van der Waals surface area contributed by atoms with Crippen LogP contribution in [0.25, 0.3) is 10.1 Å². The van der Waals surface area contributed by atoms with Gasteiger partial charge in [-0.1, -0.05) is 45.0 Å². The molecule has 0 bridgehead atoms. The van der Waals surface area contributed by atoms with Crippen LogP contribution in [0.1, 0.15) is 41.6 Å². The number of hydrogen-bond donors (Lipinski definition) is 2. The van der Waals surface area contributed by atoms with Crippen molar-refractivity contribution in [2.24, 2.45) is 0 Å². The van der Waals surface area contributed by atoms with Crippen LogP contribution < -0.4 is 4.72 Å². The van der Waals surface area contributed by atoms with Crippen LogP contribution in [0.4, 0.5) is 0 Å². The fraction of sp³-hybridized carbons (Fsp3) is 0.250. The van der Waals surface area contributed by atoms with E-state index >= 15 is 0 Å². The number of carboxylic acids is 1. The summed E-state index contributed by atoms with van der Waals surface area (Å²) < 4.78 is 28.5. The molecule has 0 aliphatic rings. The zero-order chi connectivity index (χ0) is 19.8.